The molecular formula is C15H23O5P. The Balaban J connectivity index is 2.55. The van der Waals surface area contributed by atoms with E-state index in [4.69, 9.17) is 4.52 Å². The third-order valence-electron chi connectivity index (χ3n) is 2.97. The first-order valence-electron chi connectivity index (χ1n) is 7.19. The van der Waals surface area contributed by atoms with Gasteiger partial charge < -0.3 is 9.05 Å². The third-order valence-corrected chi connectivity index (χ3v) is 3.85. The van der Waals surface area contributed by atoms with E-state index in [1.54, 1.807) is 12.1 Å². The first-order valence-corrected chi connectivity index (χ1v) is 8.68. The summed E-state index contributed by atoms with van der Waals surface area (Å²) in [6.45, 7) is 6.10. The van der Waals surface area contributed by atoms with E-state index in [9.17, 15) is 14.3 Å². The lowest BCUT2D eigenvalue weighted by Crippen LogP contribution is -2.06. The van der Waals surface area contributed by atoms with Crippen molar-refractivity contribution in [1.82, 2.24) is 0 Å². The first kappa shape index (κ1) is 17.7. The molecule has 1 rings (SSSR count). The molecule has 0 aliphatic heterocycles. The molecule has 0 aromatic heterocycles. The van der Waals surface area contributed by atoms with E-state index in [2.05, 4.69) is 4.52 Å². The summed E-state index contributed by atoms with van der Waals surface area (Å²) in [5.41, 5.74) is 1.09. The Labute approximate surface area is 125 Å². The number of hydrogen-bond acceptors (Lipinski definition) is 4. The first-order chi connectivity index (χ1) is 9.84. The maximum absolute atomic E-state index is 11.7. The van der Waals surface area contributed by atoms with E-state index >= 15 is 0 Å². The Morgan fingerprint density at radius 1 is 1.24 bits per heavy atom. The molecule has 0 amide bonds. The van der Waals surface area contributed by atoms with E-state index in [-0.39, 0.29) is 12.2 Å². The fourth-order valence-corrected chi connectivity index (χ4v) is 2.53. The fraction of sp³-hybridized carbons (Fsp3) is 0.533. The second-order valence-corrected chi connectivity index (χ2v) is 6.51. The molecule has 5 nitrogen and oxygen atoms in total. The van der Waals surface area contributed by atoms with Gasteiger partial charge in [0.25, 0.3) is 0 Å². The molecule has 0 saturated heterocycles. The standard InChI is InChI=1S/C15H23O5P/c1-4-5-6-7-15(16)20-21(17,18)19-14-10-8-13(9-11-14)12(2)3/h8-12H,4-7H2,1-3H3,(H,17,18). The van der Waals surface area contributed by atoms with Gasteiger partial charge in [-0.15, -0.1) is 0 Å². The van der Waals surface area contributed by atoms with Gasteiger partial charge in [0.1, 0.15) is 5.75 Å². The molecule has 1 N–H and O–H groups in total. The highest BCUT2D eigenvalue weighted by molar-refractivity contribution is 7.48. The molecule has 6 heteroatoms. The van der Waals surface area contributed by atoms with Crippen molar-refractivity contribution >= 4 is 13.8 Å². The van der Waals surface area contributed by atoms with Crippen LogP contribution in [0.1, 0.15) is 57.9 Å². The van der Waals surface area contributed by atoms with E-state index in [1.165, 1.54) is 0 Å². The summed E-state index contributed by atoms with van der Waals surface area (Å²) in [5, 5.41) is 0. The number of carbonyl (C=O) groups excluding carboxylic acids is 1. The number of benzene rings is 1. The van der Waals surface area contributed by atoms with Gasteiger partial charge in [0.2, 0.25) is 0 Å². The van der Waals surface area contributed by atoms with Crippen LogP contribution in [-0.2, 0) is 13.9 Å². The zero-order chi connectivity index (χ0) is 15.9. The molecule has 0 saturated carbocycles. The average Bonchev–Trinajstić information content (AvgIpc) is 2.38. The molecule has 1 unspecified atom stereocenters. The molecular weight excluding hydrogens is 291 g/mol. The molecule has 0 spiro atoms. The van der Waals surface area contributed by atoms with E-state index < -0.39 is 13.8 Å². The molecule has 0 aliphatic rings. The van der Waals surface area contributed by atoms with Crippen molar-refractivity contribution in [3.05, 3.63) is 29.8 Å². The lowest BCUT2D eigenvalue weighted by atomic mass is 10.0. The minimum atomic E-state index is -4.41. The minimum absolute atomic E-state index is 0.119. The van der Waals surface area contributed by atoms with Crippen molar-refractivity contribution in [1.29, 1.82) is 0 Å². The minimum Gasteiger partial charge on any atom is -0.395 e. The van der Waals surface area contributed by atoms with Crippen LogP contribution >= 0.6 is 7.82 Å². The highest BCUT2D eigenvalue weighted by Gasteiger charge is 2.27. The summed E-state index contributed by atoms with van der Waals surface area (Å²) < 4.78 is 21.1. The SMILES string of the molecule is CCCCCC(=O)OP(=O)(O)Oc1ccc(C(C)C)cc1. The summed E-state index contributed by atoms with van der Waals surface area (Å²) in [5.74, 6) is -0.156. The molecule has 118 valence electrons. The van der Waals surface area contributed by atoms with Gasteiger partial charge in [-0.25, -0.2) is 4.57 Å². The quantitative estimate of drug-likeness (QED) is 0.568. The average molecular weight is 314 g/mol. The smallest absolute Gasteiger partial charge is 0.395 e. The van der Waals surface area contributed by atoms with Gasteiger partial charge >= 0.3 is 13.8 Å². The summed E-state index contributed by atoms with van der Waals surface area (Å²) in [4.78, 5) is 21.0. The maximum atomic E-state index is 11.7. The maximum Gasteiger partial charge on any atom is 0.587 e. The normalized spacial score (nSPS) is 13.8. The van der Waals surface area contributed by atoms with Crippen LogP contribution in [0.3, 0.4) is 0 Å². The van der Waals surface area contributed by atoms with Gasteiger partial charge in [0, 0.05) is 6.42 Å². The van der Waals surface area contributed by atoms with E-state index in [0.717, 1.165) is 18.4 Å². The van der Waals surface area contributed by atoms with Gasteiger partial charge in [-0.05, 0) is 30.0 Å². The number of carbonyl (C=O) groups is 1. The zero-order valence-electron chi connectivity index (χ0n) is 12.7. The van der Waals surface area contributed by atoms with Gasteiger partial charge in [0.15, 0.2) is 0 Å². The molecule has 1 aromatic carbocycles. The molecule has 0 aliphatic carbocycles. The van der Waals surface area contributed by atoms with Gasteiger partial charge in [0.05, 0.1) is 0 Å². The van der Waals surface area contributed by atoms with Crippen molar-refractivity contribution in [2.45, 2.75) is 52.4 Å². The summed E-state index contributed by atoms with van der Waals surface area (Å²) in [6, 6.07) is 6.79. The molecule has 1 atom stereocenters. The number of phosphoric acid groups is 1. The largest absolute Gasteiger partial charge is 0.587 e. The monoisotopic (exact) mass is 314 g/mol. The molecule has 1 aromatic rings. The molecule has 0 bridgehead atoms. The molecule has 0 heterocycles. The van der Waals surface area contributed by atoms with Crippen molar-refractivity contribution in [2.24, 2.45) is 0 Å². The Morgan fingerprint density at radius 3 is 2.38 bits per heavy atom. The Hall–Kier alpha value is -1.32. The third kappa shape index (κ3) is 6.78. The van der Waals surface area contributed by atoms with Crippen LogP contribution in [-0.4, -0.2) is 10.9 Å². The summed E-state index contributed by atoms with van der Waals surface area (Å²) >= 11 is 0. The topological polar surface area (TPSA) is 72.8 Å². The van der Waals surface area contributed by atoms with E-state index in [0.29, 0.717) is 12.3 Å². The Bertz CT molecular complexity index is 495. The molecule has 21 heavy (non-hydrogen) atoms. The van der Waals surface area contributed by atoms with Crippen LogP contribution in [0.4, 0.5) is 0 Å². The second kappa shape index (κ2) is 8.20. The van der Waals surface area contributed by atoms with Crippen LogP contribution in [0.25, 0.3) is 0 Å². The fourth-order valence-electron chi connectivity index (χ4n) is 1.76. The molecule has 0 radical (unpaired) electrons. The van der Waals surface area contributed by atoms with E-state index in [1.807, 2.05) is 32.9 Å². The summed E-state index contributed by atoms with van der Waals surface area (Å²) in [6.07, 6.45) is 2.59. The van der Waals surface area contributed by atoms with Crippen LogP contribution in [0.15, 0.2) is 24.3 Å². The highest BCUT2D eigenvalue weighted by atomic mass is 31.2. The van der Waals surface area contributed by atoms with Crippen molar-refractivity contribution in [3.63, 3.8) is 0 Å². The number of rotatable bonds is 8. The second-order valence-electron chi connectivity index (χ2n) is 5.20. The lowest BCUT2D eigenvalue weighted by Gasteiger charge is -2.13. The highest BCUT2D eigenvalue weighted by Crippen LogP contribution is 2.44. The van der Waals surface area contributed by atoms with Crippen molar-refractivity contribution in [2.75, 3.05) is 0 Å². The number of unbranched alkanes of at least 4 members (excludes halogenated alkanes) is 2. The predicted octanol–water partition coefficient (Wildman–Crippen LogP) is 4.41. The zero-order valence-corrected chi connectivity index (χ0v) is 13.6. The van der Waals surface area contributed by atoms with Gasteiger partial charge in [-0.3, -0.25) is 9.69 Å². The van der Waals surface area contributed by atoms with Crippen molar-refractivity contribution in [3.8, 4) is 5.75 Å². The van der Waals surface area contributed by atoms with Crippen LogP contribution in [0.2, 0.25) is 0 Å². The number of phosphoric ester groups is 1. The predicted molar refractivity (Wildman–Crippen MR) is 81.2 cm³/mol. The summed E-state index contributed by atoms with van der Waals surface area (Å²) in [7, 11) is -4.41. The van der Waals surface area contributed by atoms with Gasteiger partial charge in [-0.1, -0.05) is 45.7 Å². The number of hydrogen-bond donors (Lipinski definition) is 1. The molecule has 0 fully saturated rings. The Morgan fingerprint density at radius 2 is 1.86 bits per heavy atom. The lowest BCUT2D eigenvalue weighted by molar-refractivity contribution is -0.135. The van der Waals surface area contributed by atoms with Crippen LogP contribution in [0, 0.1) is 0 Å². The van der Waals surface area contributed by atoms with Gasteiger partial charge in [-0.2, -0.15) is 0 Å². The Kier molecular flexibility index (Phi) is 6.93. The van der Waals surface area contributed by atoms with Crippen molar-refractivity contribution < 1.29 is 23.3 Å². The van der Waals surface area contributed by atoms with Crippen LogP contribution < -0.4 is 4.52 Å². The van der Waals surface area contributed by atoms with Crippen LogP contribution in [0.5, 0.6) is 5.75 Å².